The molecule has 2 aliphatic heterocycles. The zero-order valence-corrected chi connectivity index (χ0v) is 15.7. The Morgan fingerprint density at radius 3 is 2.50 bits per heavy atom. The third kappa shape index (κ3) is 3.38. The summed E-state index contributed by atoms with van der Waals surface area (Å²) in [4.78, 5) is 41.1. The number of benzene rings is 1. The molecule has 1 N–H and O–H groups in total. The second-order valence-corrected chi connectivity index (χ2v) is 7.37. The van der Waals surface area contributed by atoms with Gasteiger partial charge in [0.25, 0.3) is 11.8 Å². The van der Waals surface area contributed by atoms with Crippen molar-refractivity contribution in [1.82, 2.24) is 15.1 Å². The topological polar surface area (TPSA) is 69.7 Å². The number of aryl methyl sites for hydroxylation is 1. The van der Waals surface area contributed by atoms with Crippen molar-refractivity contribution in [2.45, 2.75) is 39.2 Å². The number of piperidine rings is 1. The van der Waals surface area contributed by atoms with E-state index in [9.17, 15) is 14.4 Å². The lowest BCUT2D eigenvalue weighted by molar-refractivity contribution is -0.136. The highest BCUT2D eigenvalue weighted by atomic mass is 16.2. The fourth-order valence-electron chi connectivity index (χ4n) is 3.89. The first-order valence-corrected chi connectivity index (χ1v) is 9.36. The smallest absolute Gasteiger partial charge is 0.262 e. The van der Waals surface area contributed by atoms with Crippen molar-refractivity contribution in [3.63, 3.8) is 0 Å². The number of nitrogens with zero attached hydrogens (tertiary/aromatic N) is 2. The summed E-state index contributed by atoms with van der Waals surface area (Å²) in [5, 5.41) is 3.16. The van der Waals surface area contributed by atoms with Crippen LogP contribution in [0.5, 0.6) is 0 Å². The molecule has 1 atom stereocenters. The maximum absolute atomic E-state index is 12.9. The summed E-state index contributed by atoms with van der Waals surface area (Å²) in [6.07, 6.45) is 3.06. The van der Waals surface area contributed by atoms with Crippen molar-refractivity contribution in [3.8, 4) is 0 Å². The molecule has 0 bridgehead atoms. The molecule has 3 amide bonds. The van der Waals surface area contributed by atoms with Crippen LogP contribution in [0.2, 0.25) is 0 Å². The third-order valence-corrected chi connectivity index (χ3v) is 5.55. The van der Waals surface area contributed by atoms with Gasteiger partial charge in [0, 0.05) is 13.1 Å². The van der Waals surface area contributed by atoms with E-state index in [1.54, 1.807) is 24.0 Å². The van der Waals surface area contributed by atoms with Crippen LogP contribution >= 0.6 is 0 Å². The van der Waals surface area contributed by atoms with Gasteiger partial charge in [0.2, 0.25) is 5.91 Å². The van der Waals surface area contributed by atoms with E-state index in [0.29, 0.717) is 30.1 Å². The Labute approximate surface area is 154 Å². The van der Waals surface area contributed by atoms with Gasteiger partial charge in [0.05, 0.1) is 11.1 Å². The van der Waals surface area contributed by atoms with Gasteiger partial charge in [-0.3, -0.25) is 19.3 Å². The molecule has 2 heterocycles. The lowest BCUT2D eigenvalue weighted by atomic mass is 9.93. The van der Waals surface area contributed by atoms with Gasteiger partial charge in [-0.05, 0) is 64.8 Å². The minimum atomic E-state index is -0.767. The standard InChI is InChI=1S/C20H27N3O3/c1-13-4-5-16-17(12-13)20(26)23(19(16)25)14(2)18(24)22-10-7-15(8-11-22)6-9-21-3/h4-5,12,14-15,21H,6-11H2,1-3H3. The molecule has 1 unspecified atom stereocenters. The molecule has 0 aliphatic carbocycles. The first-order valence-electron chi connectivity index (χ1n) is 9.36. The number of imide groups is 1. The number of rotatable bonds is 5. The van der Waals surface area contributed by atoms with Crippen molar-refractivity contribution in [3.05, 3.63) is 34.9 Å². The first kappa shape index (κ1) is 18.6. The molecular formula is C20H27N3O3. The number of hydrogen-bond acceptors (Lipinski definition) is 4. The highest BCUT2D eigenvalue weighted by Crippen LogP contribution is 2.27. The highest BCUT2D eigenvalue weighted by Gasteiger charge is 2.42. The Bertz CT molecular complexity index is 723. The number of hydrogen-bond donors (Lipinski definition) is 1. The van der Waals surface area contributed by atoms with Crippen LogP contribution in [0.25, 0.3) is 0 Å². The Morgan fingerprint density at radius 2 is 1.85 bits per heavy atom. The Hall–Kier alpha value is -2.21. The quantitative estimate of drug-likeness (QED) is 0.816. The SMILES string of the molecule is CNCCC1CCN(C(=O)C(C)N2C(=O)c3ccc(C)cc3C2=O)CC1. The van der Waals surface area contributed by atoms with Gasteiger partial charge in [0.15, 0.2) is 0 Å². The maximum Gasteiger partial charge on any atom is 0.262 e. The first-order chi connectivity index (χ1) is 12.4. The number of carbonyl (C=O) groups is 3. The highest BCUT2D eigenvalue weighted by molar-refractivity contribution is 6.22. The van der Waals surface area contributed by atoms with Crippen molar-refractivity contribution < 1.29 is 14.4 Å². The molecule has 0 spiro atoms. The second kappa shape index (κ2) is 7.58. The van der Waals surface area contributed by atoms with E-state index >= 15 is 0 Å². The zero-order valence-electron chi connectivity index (χ0n) is 15.7. The summed E-state index contributed by atoms with van der Waals surface area (Å²) < 4.78 is 0. The van der Waals surface area contributed by atoms with Gasteiger partial charge in [-0.2, -0.15) is 0 Å². The molecule has 1 aromatic carbocycles. The van der Waals surface area contributed by atoms with Crippen LogP contribution in [-0.4, -0.2) is 60.2 Å². The summed E-state index contributed by atoms with van der Waals surface area (Å²) >= 11 is 0. The molecular weight excluding hydrogens is 330 g/mol. The van der Waals surface area contributed by atoms with Gasteiger partial charge in [0.1, 0.15) is 6.04 Å². The number of fused-ring (bicyclic) bond motifs is 1. The van der Waals surface area contributed by atoms with Crippen molar-refractivity contribution in [2.75, 3.05) is 26.7 Å². The molecule has 0 saturated carbocycles. The van der Waals surface area contributed by atoms with Crippen LogP contribution in [0.1, 0.15) is 52.5 Å². The van der Waals surface area contributed by atoms with Crippen molar-refractivity contribution in [1.29, 1.82) is 0 Å². The fraction of sp³-hybridized carbons (Fsp3) is 0.550. The van der Waals surface area contributed by atoms with E-state index in [0.717, 1.165) is 36.3 Å². The fourth-order valence-corrected chi connectivity index (χ4v) is 3.89. The Balaban J connectivity index is 1.66. The van der Waals surface area contributed by atoms with Gasteiger partial charge < -0.3 is 10.2 Å². The van der Waals surface area contributed by atoms with Crippen LogP contribution in [0.15, 0.2) is 18.2 Å². The molecule has 3 rings (SSSR count). The van der Waals surface area contributed by atoms with E-state index in [2.05, 4.69) is 5.32 Å². The largest absolute Gasteiger partial charge is 0.341 e. The Kier molecular flexibility index (Phi) is 5.41. The van der Waals surface area contributed by atoms with Crippen LogP contribution in [-0.2, 0) is 4.79 Å². The van der Waals surface area contributed by atoms with E-state index < -0.39 is 6.04 Å². The predicted octanol–water partition coefficient (Wildman–Crippen LogP) is 1.83. The third-order valence-electron chi connectivity index (χ3n) is 5.55. The molecule has 1 aromatic rings. The van der Waals surface area contributed by atoms with Gasteiger partial charge in [-0.1, -0.05) is 11.6 Å². The van der Waals surface area contributed by atoms with Crippen molar-refractivity contribution >= 4 is 17.7 Å². The van der Waals surface area contributed by atoms with Crippen LogP contribution < -0.4 is 5.32 Å². The molecule has 26 heavy (non-hydrogen) atoms. The Morgan fingerprint density at radius 1 is 1.19 bits per heavy atom. The maximum atomic E-state index is 12.9. The molecule has 6 nitrogen and oxygen atoms in total. The van der Waals surface area contributed by atoms with Gasteiger partial charge >= 0.3 is 0 Å². The minimum absolute atomic E-state index is 0.136. The number of amides is 3. The minimum Gasteiger partial charge on any atom is -0.341 e. The molecule has 0 aromatic heterocycles. The monoisotopic (exact) mass is 357 g/mol. The average Bonchev–Trinajstić information content (AvgIpc) is 2.89. The van der Waals surface area contributed by atoms with E-state index in [4.69, 9.17) is 0 Å². The van der Waals surface area contributed by atoms with Crippen molar-refractivity contribution in [2.24, 2.45) is 5.92 Å². The molecule has 2 aliphatic rings. The summed E-state index contributed by atoms with van der Waals surface area (Å²) in [6.45, 7) is 5.92. The van der Waals surface area contributed by atoms with Crippen LogP contribution in [0.3, 0.4) is 0 Å². The summed E-state index contributed by atoms with van der Waals surface area (Å²) in [7, 11) is 1.95. The molecule has 1 fully saturated rings. The lowest BCUT2D eigenvalue weighted by Crippen LogP contribution is -2.51. The van der Waals surface area contributed by atoms with Crippen LogP contribution in [0.4, 0.5) is 0 Å². The van der Waals surface area contributed by atoms with Gasteiger partial charge in [-0.25, -0.2) is 0 Å². The molecule has 140 valence electrons. The van der Waals surface area contributed by atoms with E-state index in [-0.39, 0.29) is 17.7 Å². The lowest BCUT2D eigenvalue weighted by Gasteiger charge is -2.35. The number of nitrogens with one attached hydrogen (secondary N) is 1. The molecule has 6 heteroatoms. The molecule has 0 radical (unpaired) electrons. The zero-order chi connectivity index (χ0) is 18.8. The number of carbonyl (C=O) groups excluding carboxylic acids is 3. The normalized spacial score (nSPS) is 19.0. The summed E-state index contributed by atoms with van der Waals surface area (Å²) in [5.74, 6) is -0.236. The average molecular weight is 357 g/mol. The molecule has 1 saturated heterocycles. The van der Waals surface area contributed by atoms with E-state index in [1.807, 2.05) is 20.0 Å². The van der Waals surface area contributed by atoms with Gasteiger partial charge in [-0.15, -0.1) is 0 Å². The summed E-state index contributed by atoms with van der Waals surface area (Å²) in [6, 6.07) is 4.45. The number of likely N-dealkylation sites (tertiary alicyclic amines) is 1. The predicted molar refractivity (Wildman–Crippen MR) is 99.0 cm³/mol. The van der Waals surface area contributed by atoms with E-state index in [1.165, 1.54) is 0 Å². The van der Waals surface area contributed by atoms with Crippen LogP contribution in [0, 0.1) is 12.8 Å². The second-order valence-electron chi connectivity index (χ2n) is 7.37. The summed E-state index contributed by atoms with van der Waals surface area (Å²) in [5.41, 5.74) is 1.72.